The maximum Gasteiger partial charge on any atom is 0.261 e. The van der Waals surface area contributed by atoms with E-state index in [9.17, 15) is 8.42 Å². The molecule has 1 rings (SSSR count). The van der Waals surface area contributed by atoms with Gasteiger partial charge in [-0.3, -0.25) is 0 Å². The third-order valence-corrected chi connectivity index (χ3v) is 4.05. The molecule has 0 aliphatic rings. The summed E-state index contributed by atoms with van der Waals surface area (Å²) in [5.74, 6) is 0.645. The van der Waals surface area contributed by atoms with E-state index in [2.05, 4.69) is 18.7 Å². The second-order valence-electron chi connectivity index (χ2n) is 3.78. The van der Waals surface area contributed by atoms with Crippen LogP contribution in [0.4, 0.5) is 0 Å². The third-order valence-electron chi connectivity index (χ3n) is 2.68. The van der Waals surface area contributed by atoms with Crippen molar-refractivity contribution >= 4 is 19.7 Å². The van der Waals surface area contributed by atoms with Crippen molar-refractivity contribution in [1.82, 2.24) is 4.90 Å². The van der Waals surface area contributed by atoms with E-state index in [1.54, 1.807) is 12.1 Å². The Morgan fingerprint density at radius 2 is 1.72 bits per heavy atom. The van der Waals surface area contributed by atoms with Gasteiger partial charge in [0.05, 0.1) is 4.90 Å². The van der Waals surface area contributed by atoms with E-state index in [4.69, 9.17) is 15.4 Å². The number of hydrogen-bond donors (Lipinski definition) is 0. The van der Waals surface area contributed by atoms with Gasteiger partial charge in [-0.1, -0.05) is 13.8 Å². The topological polar surface area (TPSA) is 46.6 Å². The molecule has 0 saturated carbocycles. The molecule has 0 aliphatic carbocycles. The lowest BCUT2D eigenvalue weighted by atomic mass is 10.3. The van der Waals surface area contributed by atoms with Crippen LogP contribution in [0, 0.1) is 0 Å². The molecule has 102 valence electrons. The molecule has 4 nitrogen and oxygen atoms in total. The average molecular weight is 292 g/mol. The smallest absolute Gasteiger partial charge is 0.261 e. The van der Waals surface area contributed by atoms with Gasteiger partial charge in [0.1, 0.15) is 12.4 Å². The Kier molecular flexibility index (Phi) is 5.91. The molecule has 18 heavy (non-hydrogen) atoms. The Balaban J connectivity index is 2.50. The number of nitrogens with zero attached hydrogens (tertiary/aromatic N) is 1. The zero-order chi connectivity index (χ0) is 13.6. The first kappa shape index (κ1) is 15.3. The predicted molar refractivity (Wildman–Crippen MR) is 72.8 cm³/mol. The van der Waals surface area contributed by atoms with Crippen LogP contribution < -0.4 is 4.74 Å². The molecule has 0 aliphatic heterocycles. The van der Waals surface area contributed by atoms with Crippen LogP contribution in [0.5, 0.6) is 5.75 Å². The molecule has 0 atom stereocenters. The van der Waals surface area contributed by atoms with Crippen LogP contribution in [0.25, 0.3) is 0 Å². The Morgan fingerprint density at radius 1 is 1.17 bits per heavy atom. The zero-order valence-electron chi connectivity index (χ0n) is 10.6. The number of benzene rings is 1. The molecule has 1 aromatic rings. The van der Waals surface area contributed by atoms with Gasteiger partial charge in [-0.15, -0.1) is 0 Å². The molecular formula is C12H18ClNO3S. The third kappa shape index (κ3) is 4.84. The minimum absolute atomic E-state index is 0.0836. The summed E-state index contributed by atoms with van der Waals surface area (Å²) in [6.07, 6.45) is 0. The van der Waals surface area contributed by atoms with E-state index >= 15 is 0 Å². The fourth-order valence-corrected chi connectivity index (χ4v) is 2.30. The zero-order valence-corrected chi connectivity index (χ0v) is 12.2. The van der Waals surface area contributed by atoms with E-state index in [0.717, 1.165) is 19.6 Å². The Morgan fingerprint density at radius 3 is 2.17 bits per heavy atom. The first-order valence-corrected chi connectivity index (χ1v) is 8.18. The van der Waals surface area contributed by atoms with Crippen molar-refractivity contribution in [2.75, 3.05) is 26.2 Å². The molecule has 0 radical (unpaired) electrons. The second kappa shape index (κ2) is 6.97. The molecular weight excluding hydrogens is 274 g/mol. The quantitative estimate of drug-likeness (QED) is 0.724. The largest absolute Gasteiger partial charge is 0.492 e. The highest BCUT2D eigenvalue weighted by molar-refractivity contribution is 8.13. The lowest BCUT2D eigenvalue weighted by Crippen LogP contribution is -2.27. The summed E-state index contributed by atoms with van der Waals surface area (Å²) < 4.78 is 27.6. The first-order chi connectivity index (χ1) is 8.47. The van der Waals surface area contributed by atoms with Gasteiger partial charge in [-0.25, -0.2) is 8.42 Å². The van der Waals surface area contributed by atoms with E-state index in [0.29, 0.717) is 12.4 Å². The Bertz CT molecular complexity index is 455. The van der Waals surface area contributed by atoms with Gasteiger partial charge in [0.2, 0.25) is 0 Å². The summed E-state index contributed by atoms with van der Waals surface area (Å²) in [6, 6.07) is 6.10. The molecule has 0 fully saturated rings. The molecule has 0 unspecified atom stereocenters. The van der Waals surface area contributed by atoms with Gasteiger partial charge in [-0.2, -0.15) is 0 Å². The lowest BCUT2D eigenvalue weighted by molar-refractivity contribution is 0.222. The molecule has 0 spiro atoms. The molecule has 0 saturated heterocycles. The maximum atomic E-state index is 11.0. The van der Waals surface area contributed by atoms with Crippen molar-refractivity contribution < 1.29 is 13.2 Å². The van der Waals surface area contributed by atoms with Crippen LogP contribution in [0.2, 0.25) is 0 Å². The summed E-state index contributed by atoms with van der Waals surface area (Å²) in [4.78, 5) is 2.33. The van der Waals surface area contributed by atoms with Crippen LogP contribution in [0.3, 0.4) is 0 Å². The molecule has 0 N–H and O–H groups in total. The number of rotatable bonds is 7. The SMILES string of the molecule is CCN(CC)CCOc1ccc(S(=O)(=O)Cl)cc1. The van der Waals surface area contributed by atoms with Crippen LogP contribution in [-0.4, -0.2) is 39.6 Å². The van der Waals surface area contributed by atoms with Gasteiger partial charge in [-0.05, 0) is 37.4 Å². The van der Waals surface area contributed by atoms with Crippen LogP contribution in [0.15, 0.2) is 29.2 Å². The molecule has 0 heterocycles. The van der Waals surface area contributed by atoms with Crippen LogP contribution in [-0.2, 0) is 9.05 Å². The fraction of sp³-hybridized carbons (Fsp3) is 0.500. The number of ether oxygens (including phenoxy) is 1. The summed E-state index contributed by atoms with van der Waals surface area (Å²) in [5, 5.41) is 0. The molecule has 0 bridgehead atoms. The van der Waals surface area contributed by atoms with Crippen LogP contribution in [0.1, 0.15) is 13.8 Å². The Hall–Kier alpha value is -0.780. The van der Waals surface area contributed by atoms with E-state index in [-0.39, 0.29) is 4.90 Å². The van der Waals surface area contributed by atoms with Crippen molar-refractivity contribution in [3.63, 3.8) is 0 Å². The molecule has 0 aromatic heterocycles. The van der Waals surface area contributed by atoms with Gasteiger partial charge in [0.25, 0.3) is 9.05 Å². The van der Waals surface area contributed by atoms with Crippen molar-refractivity contribution in [1.29, 1.82) is 0 Å². The molecule has 1 aromatic carbocycles. The number of likely N-dealkylation sites (N-methyl/N-ethyl adjacent to an activating group) is 1. The van der Waals surface area contributed by atoms with Gasteiger partial charge in [0, 0.05) is 17.2 Å². The van der Waals surface area contributed by atoms with E-state index in [1.807, 2.05) is 0 Å². The van der Waals surface area contributed by atoms with Crippen LogP contribution >= 0.6 is 10.7 Å². The maximum absolute atomic E-state index is 11.0. The van der Waals surface area contributed by atoms with Gasteiger partial charge in [0.15, 0.2) is 0 Å². The number of halogens is 1. The van der Waals surface area contributed by atoms with Crippen molar-refractivity contribution in [3.05, 3.63) is 24.3 Å². The highest BCUT2D eigenvalue weighted by atomic mass is 35.7. The molecule has 0 amide bonds. The van der Waals surface area contributed by atoms with Gasteiger partial charge >= 0.3 is 0 Å². The minimum Gasteiger partial charge on any atom is -0.492 e. The minimum atomic E-state index is -3.65. The van der Waals surface area contributed by atoms with E-state index in [1.165, 1.54) is 12.1 Å². The van der Waals surface area contributed by atoms with Crippen molar-refractivity contribution in [3.8, 4) is 5.75 Å². The predicted octanol–water partition coefficient (Wildman–Crippen LogP) is 2.33. The van der Waals surface area contributed by atoms with Gasteiger partial charge < -0.3 is 9.64 Å². The highest BCUT2D eigenvalue weighted by Crippen LogP contribution is 2.18. The summed E-state index contributed by atoms with van der Waals surface area (Å²) in [6.45, 7) is 7.61. The van der Waals surface area contributed by atoms with Crippen molar-refractivity contribution in [2.24, 2.45) is 0 Å². The first-order valence-electron chi connectivity index (χ1n) is 5.87. The average Bonchev–Trinajstić information content (AvgIpc) is 2.34. The lowest BCUT2D eigenvalue weighted by Gasteiger charge is -2.17. The Labute approximate surface area is 113 Å². The second-order valence-corrected chi connectivity index (χ2v) is 6.35. The monoisotopic (exact) mass is 291 g/mol. The van der Waals surface area contributed by atoms with E-state index < -0.39 is 9.05 Å². The fourth-order valence-electron chi connectivity index (χ4n) is 1.53. The standard InChI is InChI=1S/C12H18ClNO3S/c1-3-14(4-2)9-10-17-11-5-7-12(8-6-11)18(13,15)16/h5-8H,3-4,9-10H2,1-2H3. The summed E-state index contributed by atoms with van der Waals surface area (Å²) in [5.41, 5.74) is 0. The summed E-state index contributed by atoms with van der Waals surface area (Å²) in [7, 11) is 1.57. The summed E-state index contributed by atoms with van der Waals surface area (Å²) >= 11 is 0. The molecule has 6 heteroatoms. The van der Waals surface area contributed by atoms with Crippen molar-refractivity contribution in [2.45, 2.75) is 18.7 Å². The number of hydrogen-bond acceptors (Lipinski definition) is 4. The normalized spacial score (nSPS) is 11.8. The highest BCUT2D eigenvalue weighted by Gasteiger charge is 2.09.